The van der Waals surface area contributed by atoms with Gasteiger partial charge in [-0.1, -0.05) is 33.3 Å². The van der Waals surface area contributed by atoms with Gasteiger partial charge in [0.25, 0.3) is 0 Å². The van der Waals surface area contributed by atoms with E-state index in [1.165, 1.54) is 19.3 Å². The molecule has 1 aliphatic rings. The summed E-state index contributed by atoms with van der Waals surface area (Å²) in [6, 6.07) is 2.64. The number of likely N-dealkylation sites (N-methyl/N-ethyl adjacent to an activating group) is 1. The zero-order valence-corrected chi connectivity index (χ0v) is 14.1. The van der Waals surface area contributed by atoms with E-state index in [4.69, 9.17) is 0 Å². The number of rotatable bonds is 8. The van der Waals surface area contributed by atoms with Gasteiger partial charge in [0.05, 0.1) is 11.9 Å². The van der Waals surface area contributed by atoms with Crippen molar-refractivity contribution < 1.29 is 0 Å². The van der Waals surface area contributed by atoms with Gasteiger partial charge in [0.15, 0.2) is 5.82 Å². The molecule has 1 fully saturated rings. The molecule has 0 unspecified atom stereocenters. The Kier molecular flexibility index (Phi) is 6.19. The molecule has 1 aromatic heterocycles. The molecule has 0 radical (unpaired) electrons. The largest absolute Gasteiger partial charge is 0.369 e. The Morgan fingerprint density at radius 3 is 2.86 bits per heavy atom. The summed E-state index contributed by atoms with van der Waals surface area (Å²) in [5.74, 6) is 1.48. The van der Waals surface area contributed by atoms with Gasteiger partial charge >= 0.3 is 0 Å². The fourth-order valence-corrected chi connectivity index (χ4v) is 2.98. The second-order valence-corrected chi connectivity index (χ2v) is 6.13. The molecule has 2 rings (SSSR count). The Labute approximate surface area is 134 Å². The monoisotopic (exact) mass is 303 g/mol. The van der Waals surface area contributed by atoms with Crippen LogP contribution in [0.5, 0.6) is 0 Å². The van der Waals surface area contributed by atoms with E-state index in [1.807, 2.05) is 13.2 Å². The highest BCUT2D eigenvalue weighted by atomic mass is 15.2. The van der Waals surface area contributed by atoms with Gasteiger partial charge < -0.3 is 15.5 Å². The van der Waals surface area contributed by atoms with Gasteiger partial charge in [-0.2, -0.15) is 5.10 Å². The lowest BCUT2D eigenvalue weighted by atomic mass is 9.98. The minimum absolute atomic E-state index is 0.564. The topological polar surface area (TPSA) is 53.1 Å². The van der Waals surface area contributed by atoms with E-state index in [1.54, 1.807) is 0 Å². The van der Waals surface area contributed by atoms with Crippen molar-refractivity contribution in [3.8, 4) is 0 Å². The van der Waals surface area contributed by atoms with Crippen molar-refractivity contribution in [1.29, 1.82) is 0 Å². The van der Waals surface area contributed by atoms with Gasteiger partial charge in [-0.15, -0.1) is 5.10 Å². The first-order valence-corrected chi connectivity index (χ1v) is 8.36. The van der Waals surface area contributed by atoms with E-state index < -0.39 is 0 Å². The molecule has 2 heterocycles. The molecule has 1 saturated heterocycles. The molecule has 0 aromatic carbocycles. The Balaban J connectivity index is 1.95. The number of allylic oxidation sites excluding steroid dienone is 1. The van der Waals surface area contributed by atoms with Crippen molar-refractivity contribution in [2.24, 2.45) is 5.92 Å². The van der Waals surface area contributed by atoms with Crippen molar-refractivity contribution >= 4 is 11.5 Å². The number of nitrogens with zero attached hydrogens (tertiary/aromatic N) is 3. The molecule has 1 atom stereocenters. The van der Waals surface area contributed by atoms with Crippen molar-refractivity contribution in [3.63, 3.8) is 0 Å². The van der Waals surface area contributed by atoms with Gasteiger partial charge in [0, 0.05) is 30.9 Å². The molecule has 1 aromatic rings. The molecule has 0 amide bonds. The molecule has 1 aliphatic heterocycles. The Hall–Kier alpha value is -1.62. The Morgan fingerprint density at radius 2 is 2.23 bits per heavy atom. The number of aromatic nitrogens is 2. The summed E-state index contributed by atoms with van der Waals surface area (Å²) in [5, 5.41) is 15.0. The molecule has 0 saturated carbocycles. The summed E-state index contributed by atoms with van der Waals surface area (Å²) < 4.78 is 0. The van der Waals surface area contributed by atoms with E-state index in [-0.39, 0.29) is 0 Å². The highest BCUT2D eigenvalue weighted by molar-refractivity contribution is 5.54. The van der Waals surface area contributed by atoms with Crippen LogP contribution in [0.1, 0.15) is 39.5 Å². The maximum atomic E-state index is 4.18. The van der Waals surface area contributed by atoms with Crippen molar-refractivity contribution in [3.05, 3.63) is 24.5 Å². The van der Waals surface area contributed by atoms with Gasteiger partial charge in [0.1, 0.15) is 0 Å². The lowest BCUT2D eigenvalue weighted by Crippen LogP contribution is -2.29. The molecule has 5 heteroatoms. The van der Waals surface area contributed by atoms with Gasteiger partial charge in [-0.3, -0.25) is 0 Å². The fraction of sp³-hybridized carbons (Fsp3) is 0.647. The molecule has 5 nitrogen and oxygen atoms in total. The van der Waals surface area contributed by atoms with Crippen LogP contribution in [0.2, 0.25) is 0 Å². The van der Waals surface area contributed by atoms with Crippen LogP contribution in [0.25, 0.3) is 0 Å². The highest BCUT2D eigenvalue weighted by Crippen LogP contribution is 2.23. The summed E-state index contributed by atoms with van der Waals surface area (Å²) in [4.78, 5) is 2.35. The second-order valence-electron chi connectivity index (χ2n) is 6.13. The Morgan fingerprint density at radius 1 is 1.45 bits per heavy atom. The molecule has 22 heavy (non-hydrogen) atoms. The standard InChI is InChI=1S/C17H29N5/c1-5-14(6-2)9-13(3)20-17-10-16(11-19-21-17)22-8-7-15(12-22)18-4/h10-11,14-15,18H,3,5-9,12H2,1-2,4H3,(H,20,21)/t15-/m1/s1. The number of nitrogens with one attached hydrogen (secondary N) is 2. The molecule has 0 spiro atoms. The van der Waals surface area contributed by atoms with Crippen LogP contribution in [-0.4, -0.2) is 36.4 Å². The number of anilines is 2. The first-order valence-electron chi connectivity index (χ1n) is 8.36. The first-order chi connectivity index (χ1) is 10.7. The molecular weight excluding hydrogens is 274 g/mol. The van der Waals surface area contributed by atoms with Crippen LogP contribution >= 0.6 is 0 Å². The summed E-state index contributed by atoms with van der Waals surface area (Å²) >= 11 is 0. The number of hydrogen-bond donors (Lipinski definition) is 2. The number of hydrogen-bond acceptors (Lipinski definition) is 5. The lowest BCUT2D eigenvalue weighted by Gasteiger charge is -2.19. The predicted octanol–water partition coefficient (Wildman–Crippen LogP) is 3.03. The SMILES string of the molecule is C=C(CC(CC)CC)Nc1cc(N2CC[C@@H](NC)C2)cnn1. The van der Waals surface area contributed by atoms with Crippen molar-refractivity contribution in [2.45, 2.75) is 45.6 Å². The van der Waals surface area contributed by atoms with Crippen LogP contribution in [0.3, 0.4) is 0 Å². The average molecular weight is 303 g/mol. The first kappa shape index (κ1) is 16.7. The van der Waals surface area contributed by atoms with E-state index in [0.29, 0.717) is 12.0 Å². The van der Waals surface area contributed by atoms with Crippen LogP contribution in [-0.2, 0) is 0 Å². The quantitative estimate of drug-likeness (QED) is 0.773. The molecular formula is C17H29N5. The maximum absolute atomic E-state index is 4.18. The summed E-state index contributed by atoms with van der Waals surface area (Å²) in [6.45, 7) is 10.7. The van der Waals surface area contributed by atoms with Crippen LogP contribution in [0, 0.1) is 5.92 Å². The van der Waals surface area contributed by atoms with E-state index in [9.17, 15) is 0 Å². The fourth-order valence-electron chi connectivity index (χ4n) is 2.98. The summed E-state index contributed by atoms with van der Waals surface area (Å²) in [5.41, 5.74) is 2.15. The molecule has 0 aliphatic carbocycles. The minimum atomic E-state index is 0.564. The van der Waals surface area contributed by atoms with E-state index >= 15 is 0 Å². The summed E-state index contributed by atoms with van der Waals surface area (Å²) in [7, 11) is 2.02. The third kappa shape index (κ3) is 4.44. The van der Waals surface area contributed by atoms with E-state index in [0.717, 1.165) is 36.7 Å². The zero-order chi connectivity index (χ0) is 15.9. The molecule has 2 N–H and O–H groups in total. The maximum Gasteiger partial charge on any atom is 0.154 e. The minimum Gasteiger partial charge on any atom is -0.369 e. The van der Waals surface area contributed by atoms with Crippen LogP contribution < -0.4 is 15.5 Å². The lowest BCUT2D eigenvalue weighted by molar-refractivity contribution is 0.490. The van der Waals surface area contributed by atoms with Crippen molar-refractivity contribution in [2.75, 3.05) is 30.4 Å². The smallest absolute Gasteiger partial charge is 0.154 e. The molecule has 122 valence electrons. The van der Waals surface area contributed by atoms with Gasteiger partial charge in [0.2, 0.25) is 0 Å². The Bertz CT molecular complexity index is 484. The van der Waals surface area contributed by atoms with E-state index in [2.05, 4.69) is 52.2 Å². The van der Waals surface area contributed by atoms with Crippen molar-refractivity contribution in [1.82, 2.24) is 15.5 Å². The van der Waals surface area contributed by atoms with Crippen LogP contribution in [0.4, 0.5) is 11.5 Å². The second kappa shape index (κ2) is 8.13. The third-order valence-corrected chi connectivity index (χ3v) is 4.60. The predicted molar refractivity (Wildman–Crippen MR) is 93.2 cm³/mol. The van der Waals surface area contributed by atoms with Gasteiger partial charge in [-0.05, 0) is 25.8 Å². The zero-order valence-electron chi connectivity index (χ0n) is 14.1. The van der Waals surface area contributed by atoms with Crippen LogP contribution in [0.15, 0.2) is 24.5 Å². The average Bonchev–Trinajstić information content (AvgIpc) is 3.02. The third-order valence-electron chi connectivity index (χ3n) is 4.60. The van der Waals surface area contributed by atoms with Gasteiger partial charge in [-0.25, -0.2) is 0 Å². The molecule has 0 bridgehead atoms. The highest BCUT2D eigenvalue weighted by Gasteiger charge is 2.21. The summed E-state index contributed by atoms with van der Waals surface area (Å²) in [6.07, 6.45) is 6.37. The normalized spacial score (nSPS) is 18.0.